The molecule has 94 valence electrons. The molecule has 2 aromatic rings. The first kappa shape index (κ1) is 13.3. The van der Waals surface area contributed by atoms with Crippen LogP contribution in [0, 0.1) is 0 Å². The van der Waals surface area contributed by atoms with Gasteiger partial charge in [-0.05, 0) is 32.4 Å². The molecular weight excluding hydrogens is 262 g/mol. The Hall–Kier alpha value is -1.13. The summed E-state index contributed by atoms with van der Waals surface area (Å²) >= 11 is 3.19. The number of nitrogens with zero attached hydrogens (tertiary/aromatic N) is 1. The number of benzene rings is 1. The zero-order valence-corrected chi connectivity index (χ0v) is 12.1. The molecule has 2 rings (SSSR count). The van der Waals surface area contributed by atoms with Crippen molar-refractivity contribution in [1.29, 1.82) is 0 Å². The summed E-state index contributed by atoms with van der Waals surface area (Å²) in [5.41, 5.74) is 2.03. The Bertz CT molecular complexity index is 555. The van der Waals surface area contributed by atoms with Gasteiger partial charge in [0.05, 0.1) is 15.5 Å². The number of thioether (sulfide) groups is 1. The zero-order valence-electron chi connectivity index (χ0n) is 10.5. The number of hydrogen-bond donors (Lipinski definition) is 0. The van der Waals surface area contributed by atoms with Crippen molar-refractivity contribution in [2.45, 2.75) is 29.9 Å². The fourth-order valence-corrected chi connectivity index (χ4v) is 4.04. The van der Waals surface area contributed by atoms with Gasteiger partial charge in [0.1, 0.15) is 5.78 Å². The van der Waals surface area contributed by atoms with Crippen LogP contribution in [0.25, 0.3) is 10.2 Å². The Morgan fingerprint density at radius 2 is 2.17 bits per heavy atom. The van der Waals surface area contributed by atoms with Crippen LogP contribution in [-0.2, 0) is 4.79 Å². The van der Waals surface area contributed by atoms with Crippen molar-refractivity contribution in [3.05, 3.63) is 36.4 Å². The lowest BCUT2D eigenvalue weighted by atomic mass is 10.1. The summed E-state index contributed by atoms with van der Waals surface area (Å²) in [5.74, 6) is 0.183. The van der Waals surface area contributed by atoms with Gasteiger partial charge < -0.3 is 0 Å². The molecule has 0 aliphatic rings. The first-order valence-electron chi connectivity index (χ1n) is 5.73. The number of aromatic nitrogens is 1. The summed E-state index contributed by atoms with van der Waals surface area (Å²) in [4.78, 5) is 16.2. The van der Waals surface area contributed by atoms with Crippen LogP contribution >= 0.6 is 23.1 Å². The number of rotatable bonds is 5. The van der Waals surface area contributed by atoms with E-state index >= 15 is 0 Å². The maximum Gasteiger partial charge on any atom is 0.151 e. The average Bonchev–Trinajstić information content (AvgIpc) is 2.69. The van der Waals surface area contributed by atoms with Crippen molar-refractivity contribution in [2.24, 2.45) is 0 Å². The van der Waals surface area contributed by atoms with Crippen molar-refractivity contribution in [1.82, 2.24) is 4.98 Å². The molecule has 0 aliphatic heterocycles. The van der Waals surface area contributed by atoms with Crippen molar-refractivity contribution in [3.8, 4) is 0 Å². The maximum atomic E-state index is 11.6. The van der Waals surface area contributed by atoms with E-state index in [1.54, 1.807) is 30.0 Å². The number of carbonyl (C=O) groups is 1. The predicted molar refractivity (Wildman–Crippen MR) is 79.4 cm³/mol. The van der Waals surface area contributed by atoms with Gasteiger partial charge in [-0.15, -0.1) is 17.9 Å². The minimum absolute atomic E-state index is 0.0666. The molecule has 2 nitrogen and oxygen atoms in total. The minimum Gasteiger partial charge on any atom is -0.299 e. The SMILES string of the molecule is C=C(C)CC(Sc1nc2ccccc2s1)C(C)=O. The average molecular weight is 277 g/mol. The van der Waals surface area contributed by atoms with Gasteiger partial charge in [-0.2, -0.15) is 0 Å². The van der Waals surface area contributed by atoms with Gasteiger partial charge in [0.2, 0.25) is 0 Å². The Balaban J connectivity index is 2.20. The molecule has 0 radical (unpaired) electrons. The lowest BCUT2D eigenvalue weighted by molar-refractivity contribution is -0.116. The second kappa shape index (κ2) is 5.67. The highest BCUT2D eigenvalue weighted by Gasteiger charge is 2.18. The van der Waals surface area contributed by atoms with Crippen molar-refractivity contribution >= 4 is 39.1 Å². The first-order chi connectivity index (χ1) is 8.56. The number of Topliss-reactive ketones (excluding diaryl/α,β-unsaturated/α-hetero) is 1. The summed E-state index contributed by atoms with van der Waals surface area (Å²) in [5, 5.41) is -0.0666. The van der Waals surface area contributed by atoms with Crippen LogP contribution in [0.5, 0.6) is 0 Å². The first-order valence-corrected chi connectivity index (χ1v) is 7.43. The molecular formula is C14H15NOS2. The summed E-state index contributed by atoms with van der Waals surface area (Å²) < 4.78 is 2.12. The molecule has 18 heavy (non-hydrogen) atoms. The van der Waals surface area contributed by atoms with E-state index in [0.29, 0.717) is 0 Å². The Kier molecular flexibility index (Phi) is 4.19. The molecule has 0 saturated carbocycles. The molecule has 0 fully saturated rings. The van der Waals surface area contributed by atoms with Gasteiger partial charge in [-0.1, -0.05) is 29.5 Å². The van der Waals surface area contributed by atoms with Gasteiger partial charge in [-0.25, -0.2) is 4.98 Å². The third kappa shape index (κ3) is 3.21. The van der Waals surface area contributed by atoms with E-state index in [9.17, 15) is 4.79 Å². The lowest BCUT2D eigenvalue weighted by Crippen LogP contribution is -2.13. The zero-order chi connectivity index (χ0) is 13.1. The number of fused-ring (bicyclic) bond motifs is 1. The maximum absolute atomic E-state index is 11.6. The van der Waals surface area contributed by atoms with Crippen LogP contribution in [-0.4, -0.2) is 16.0 Å². The van der Waals surface area contributed by atoms with Gasteiger partial charge >= 0.3 is 0 Å². The lowest BCUT2D eigenvalue weighted by Gasteiger charge is -2.10. The van der Waals surface area contributed by atoms with Crippen LogP contribution in [0.15, 0.2) is 40.8 Å². The van der Waals surface area contributed by atoms with E-state index in [0.717, 1.165) is 26.6 Å². The molecule has 0 aliphatic carbocycles. The summed E-state index contributed by atoms with van der Waals surface area (Å²) in [6.45, 7) is 7.47. The van der Waals surface area contributed by atoms with Gasteiger partial charge in [0.15, 0.2) is 4.34 Å². The molecule has 0 spiro atoms. The second-order valence-electron chi connectivity index (χ2n) is 4.33. The number of para-hydroxylation sites is 1. The molecule has 0 saturated heterocycles. The van der Waals surface area contributed by atoms with Crippen LogP contribution in [0.2, 0.25) is 0 Å². The van der Waals surface area contributed by atoms with Gasteiger partial charge in [0, 0.05) is 0 Å². The van der Waals surface area contributed by atoms with Crippen LogP contribution in [0.4, 0.5) is 0 Å². The molecule has 1 unspecified atom stereocenters. The van der Waals surface area contributed by atoms with E-state index in [1.165, 1.54) is 0 Å². The highest BCUT2D eigenvalue weighted by Crippen LogP contribution is 2.34. The molecule has 0 amide bonds. The Labute approximate surface area is 115 Å². The van der Waals surface area contributed by atoms with Gasteiger partial charge in [0.25, 0.3) is 0 Å². The summed E-state index contributed by atoms with van der Waals surface area (Å²) in [6.07, 6.45) is 0.718. The van der Waals surface area contributed by atoms with Crippen LogP contribution in [0.1, 0.15) is 20.3 Å². The fourth-order valence-electron chi connectivity index (χ4n) is 1.61. The third-order valence-corrected chi connectivity index (χ3v) is 4.95. The van der Waals surface area contributed by atoms with E-state index in [-0.39, 0.29) is 11.0 Å². The number of ketones is 1. The van der Waals surface area contributed by atoms with Gasteiger partial charge in [-0.3, -0.25) is 4.79 Å². The quantitative estimate of drug-likeness (QED) is 0.602. The largest absolute Gasteiger partial charge is 0.299 e. The summed E-state index contributed by atoms with van der Waals surface area (Å²) in [7, 11) is 0. The van der Waals surface area contributed by atoms with E-state index in [2.05, 4.69) is 17.6 Å². The molecule has 1 aromatic heterocycles. The van der Waals surface area contributed by atoms with Crippen LogP contribution in [0.3, 0.4) is 0 Å². The third-order valence-electron chi connectivity index (χ3n) is 2.50. The monoisotopic (exact) mass is 277 g/mol. The Morgan fingerprint density at radius 1 is 1.44 bits per heavy atom. The minimum atomic E-state index is -0.0666. The van der Waals surface area contributed by atoms with Crippen molar-refractivity contribution in [3.63, 3.8) is 0 Å². The van der Waals surface area contributed by atoms with E-state index in [1.807, 2.05) is 25.1 Å². The normalized spacial score (nSPS) is 12.6. The molecule has 0 N–H and O–H groups in total. The second-order valence-corrected chi connectivity index (χ2v) is 6.81. The highest BCUT2D eigenvalue weighted by molar-refractivity contribution is 8.02. The summed E-state index contributed by atoms with van der Waals surface area (Å²) in [6, 6.07) is 8.04. The number of hydrogen-bond acceptors (Lipinski definition) is 4. The molecule has 1 atom stereocenters. The number of thiazole rings is 1. The molecule has 1 aromatic carbocycles. The molecule has 4 heteroatoms. The topological polar surface area (TPSA) is 30.0 Å². The van der Waals surface area contributed by atoms with Crippen molar-refractivity contribution < 1.29 is 4.79 Å². The van der Waals surface area contributed by atoms with Crippen molar-refractivity contribution in [2.75, 3.05) is 0 Å². The van der Waals surface area contributed by atoms with Crippen LogP contribution < -0.4 is 0 Å². The van der Waals surface area contributed by atoms with E-state index < -0.39 is 0 Å². The fraction of sp³-hybridized carbons (Fsp3) is 0.286. The molecule has 1 heterocycles. The number of carbonyl (C=O) groups excluding carboxylic acids is 1. The number of allylic oxidation sites excluding steroid dienone is 1. The molecule has 0 bridgehead atoms. The van der Waals surface area contributed by atoms with E-state index in [4.69, 9.17) is 0 Å². The smallest absolute Gasteiger partial charge is 0.151 e. The predicted octanol–water partition coefficient (Wildman–Crippen LogP) is 4.31. The standard InChI is InChI=1S/C14H15NOS2/c1-9(2)8-13(10(3)16)18-14-15-11-6-4-5-7-12(11)17-14/h4-7,13H,1,8H2,2-3H3. The highest BCUT2D eigenvalue weighted by atomic mass is 32.2. The Morgan fingerprint density at radius 3 is 2.78 bits per heavy atom.